The van der Waals surface area contributed by atoms with Crippen LogP contribution >= 0.6 is 0 Å². The van der Waals surface area contributed by atoms with Gasteiger partial charge in [-0.3, -0.25) is 10.4 Å². The molecule has 0 spiro atoms. The van der Waals surface area contributed by atoms with Gasteiger partial charge in [0.05, 0.1) is 7.11 Å². The summed E-state index contributed by atoms with van der Waals surface area (Å²) in [4.78, 5) is 11.8. The van der Waals surface area contributed by atoms with Crippen LogP contribution in [0.2, 0.25) is 0 Å². The number of carbonyl (C=O) groups excluding carboxylic acids is 1. The number of esters is 1. The van der Waals surface area contributed by atoms with Gasteiger partial charge in [-0.15, -0.1) is 0 Å². The van der Waals surface area contributed by atoms with Crippen LogP contribution in [0.25, 0.3) is 0 Å². The van der Waals surface area contributed by atoms with Crippen LogP contribution in [-0.2, 0) is 16.1 Å². The van der Waals surface area contributed by atoms with E-state index in [9.17, 15) is 4.79 Å². The van der Waals surface area contributed by atoms with E-state index in [1.807, 2.05) is 36.4 Å². The predicted molar refractivity (Wildman–Crippen MR) is 66.6 cm³/mol. The minimum atomic E-state index is -0.473. The first-order valence-corrected chi connectivity index (χ1v) is 5.65. The number of ether oxygens (including phenoxy) is 1. The third kappa shape index (κ3) is 2.95. The van der Waals surface area contributed by atoms with Gasteiger partial charge in [-0.05, 0) is 11.6 Å². The highest BCUT2D eigenvalue weighted by molar-refractivity contribution is 5.77. The van der Waals surface area contributed by atoms with E-state index < -0.39 is 6.04 Å². The maximum absolute atomic E-state index is 11.8. The number of aromatic nitrogens is 2. The topological polar surface area (TPSA) is 67.0 Å². The number of nitrogens with one attached hydrogen (secondary N) is 2. The Morgan fingerprint density at radius 1 is 1.39 bits per heavy atom. The summed E-state index contributed by atoms with van der Waals surface area (Å²) in [6, 6.07) is 10.9. The van der Waals surface area contributed by atoms with Crippen LogP contribution in [0.4, 0.5) is 0 Å². The van der Waals surface area contributed by atoms with Gasteiger partial charge in [0.1, 0.15) is 6.04 Å². The summed E-state index contributed by atoms with van der Waals surface area (Å²) in [5, 5.41) is 9.84. The second-order valence-electron chi connectivity index (χ2n) is 3.83. The van der Waals surface area contributed by atoms with Crippen LogP contribution in [0, 0.1) is 0 Å². The summed E-state index contributed by atoms with van der Waals surface area (Å²) in [6.07, 6.45) is 1.67. The van der Waals surface area contributed by atoms with Crippen LogP contribution in [0.15, 0.2) is 42.6 Å². The molecule has 0 aliphatic rings. The first kappa shape index (κ1) is 12.3. The zero-order chi connectivity index (χ0) is 12.8. The van der Waals surface area contributed by atoms with Crippen molar-refractivity contribution in [3.63, 3.8) is 0 Å². The number of carbonyl (C=O) groups is 1. The molecule has 94 valence electrons. The molecule has 18 heavy (non-hydrogen) atoms. The van der Waals surface area contributed by atoms with Gasteiger partial charge in [0.25, 0.3) is 0 Å². The lowest BCUT2D eigenvalue weighted by Crippen LogP contribution is -2.29. The number of benzene rings is 1. The highest BCUT2D eigenvalue weighted by atomic mass is 16.5. The smallest absolute Gasteiger partial charge is 0.327 e. The van der Waals surface area contributed by atoms with E-state index in [0.717, 1.165) is 11.3 Å². The molecule has 0 radical (unpaired) electrons. The predicted octanol–water partition coefficient (Wildman–Crippen LogP) is 1.41. The molecule has 0 aliphatic carbocycles. The molecule has 0 fully saturated rings. The Morgan fingerprint density at radius 3 is 2.78 bits per heavy atom. The Balaban J connectivity index is 2.09. The first-order chi connectivity index (χ1) is 8.81. The summed E-state index contributed by atoms with van der Waals surface area (Å²) >= 11 is 0. The highest BCUT2D eigenvalue weighted by Gasteiger charge is 2.20. The van der Waals surface area contributed by atoms with Crippen molar-refractivity contribution < 1.29 is 9.53 Å². The Bertz CT molecular complexity index is 482. The van der Waals surface area contributed by atoms with E-state index in [-0.39, 0.29) is 5.97 Å². The van der Waals surface area contributed by atoms with Crippen molar-refractivity contribution in [3.05, 3.63) is 53.9 Å². The number of hydrogen-bond acceptors (Lipinski definition) is 4. The van der Waals surface area contributed by atoms with Crippen LogP contribution in [0.5, 0.6) is 0 Å². The number of nitrogens with zero attached hydrogens (tertiary/aromatic N) is 1. The van der Waals surface area contributed by atoms with Gasteiger partial charge in [0.2, 0.25) is 0 Å². The third-order valence-electron chi connectivity index (χ3n) is 2.62. The van der Waals surface area contributed by atoms with Gasteiger partial charge in [-0.2, -0.15) is 5.10 Å². The van der Waals surface area contributed by atoms with Crippen molar-refractivity contribution in [1.29, 1.82) is 0 Å². The molecule has 1 unspecified atom stereocenters. The van der Waals surface area contributed by atoms with E-state index in [0.29, 0.717) is 6.54 Å². The average Bonchev–Trinajstić information content (AvgIpc) is 2.93. The van der Waals surface area contributed by atoms with Crippen molar-refractivity contribution in [2.45, 2.75) is 12.6 Å². The van der Waals surface area contributed by atoms with E-state index >= 15 is 0 Å². The van der Waals surface area contributed by atoms with Crippen LogP contribution in [0.3, 0.4) is 0 Å². The third-order valence-corrected chi connectivity index (χ3v) is 2.62. The summed E-state index contributed by atoms with van der Waals surface area (Å²) in [5.41, 5.74) is 1.80. The fraction of sp³-hybridized carbons (Fsp3) is 0.231. The molecule has 0 saturated heterocycles. The van der Waals surface area contributed by atoms with Crippen LogP contribution in [0.1, 0.15) is 17.3 Å². The van der Waals surface area contributed by atoms with Crippen LogP contribution in [-0.4, -0.2) is 23.3 Å². The monoisotopic (exact) mass is 245 g/mol. The van der Waals surface area contributed by atoms with Gasteiger partial charge in [-0.25, -0.2) is 4.79 Å². The summed E-state index contributed by atoms with van der Waals surface area (Å²) in [7, 11) is 1.39. The minimum Gasteiger partial charge on any atom is -0.468 e. The van der Waals surface area contributed by atoms with E-state index in [2.05, 4.69) is 15.5 Å². The molecule has 0 bridgehead atoms. The Morgan fingerprint density at radius 2 is 2.17 bits per heavy atom. The van der Waals surface area contributed by atoms with Crippen molar-refractivity contribution in [2.24, 2.45) is 0 Å². The maximum atomic E-state index is 11.8. The summed E-state index contributed by atoms with van der Waals surface area (Å²) in [6.45, 7) is 0.522. The number of hydrogen-bond donors (Lipinski definition) is 2. The SMILES string of the molecule is COC(=O)C(NCc1ccn[nH]1)c1ccccc1. The number of rotatable bonds is 5. The molecule has 1 atom stereocenters. The van der Waals surface area contributed by atoms with Gasteiger partial charge in [0.15, 0.2) is 0 Å². The number of methoxy groups -OCH3 is 1. The Labute approximate surface area is 105 Å². The van der Waals surface area contributed by atoms with Gasteiger partial charge in [0, 0.05) is 18.4 Å². The molecular weight excluding hydrogens is 230 g/mol. The van der Waals surface area contributed by atoms with Gasteiger partial charge in [-0.1, -0.05) is 30.3 Å². The normalized spacial score (nSPS) is 12.1. The summed E-state index contributed by atoms with van der Waals surface area (Å²) < 4.78 is 4.81. The molecule has 1 heterocycles. The van der Waals surface area contributed by atoms with Crippen LogP contribution < -0.4 is 5.32 Å². The van der Waals surface area contributed by atoms with E-state index in [4.69, 9.17) is 4.74 Å². The standard InChI is InChI=1S/C13H15N3O2/c1-18-13(17)12(10-5-3-2-4-6-10)14-9-11-7-8-15-16-11/h2-8,12,14H,9H2,1H3,(H,15,16). The van der Waals surface area contributed by atoms with E-state index in [1.54, 1.807) is 6.20 Å². The zero-order valence-corrected chi connectivity index (χ0v) is 10.1. The highest BCUT2D eigenvalue weighted by Crippen LogP contribution is 2.14. The largest absolute Gasteiger partial charge is 0.468 e. The van der Waals surface area contributed by atoms with Crippen molar-refractivity contribution in [2.75, 3.05) is 7.11 Å². The zero-order valence-electron chi connectivity index (χ0n) is 10.1. The second-order valence-corrected chi connectivity index (χ2v) is 3.83. The maximum Gasteiger partial charge on any atom is 0.327 e. The molecule has 5 nitrogen and oxygen atoms in total. The first-order valence-electron chi connectivity index (χ1n) is 5.65. The molecule has 2 N–H and O–H groups in total. The lowest BCUT2D eigenvalue weighted by molar-refractivity contribution is -0.143. The summed E-state index contributed by atoms with van der Waals surface area (Å²) in [5.74, 6) is -0.305. The Kier molecular flexibility index (Phi) is 4.09. The minimum absolute atomic E-state index is 0.305. The molecule has 0 aliphatic heterocycles. The molecule has 2 aromatic rings. The molecule has 5 heteroatoms. The quantitative estimate of drug-likeness (QED) is 0.782. The van der Waals surface area contributed by atoms with Gasteiger partial charge >= 0.3 is 5.97 Å². The lowest BCUT2D eigenvalue weighted by atomic mass is 10.1. The molecule has 1 aromatic carbocycles. The van der Waals surface area contributed by atoms with Crippen molar-refractivity contribution >= 4 is 5.97 Å². The number of H-pyrrole nitrogens is 1. The fourth-order valence-corrected chi connectivity index (χ4v) is 1.70. The Hall–Kier alpha value is -2.14. The molecule has 0 saturated carbocycles. The average molecular weight is 245 g/mol. The lowest BCUT2D eigenvalue weighted by Gasteiger charge is -2.16. The molecule has 2 rings (SSSR count). The van der Waals surface area contributed by atoms with Crippen molar-refractivity contribution in [1.82, 2.24) is 15.5 Å². The molecular formula is C13H15N3O2. The molecule has 1 aromatic heterocycles. The number of aromatic amines is 1. The van der Waals surface area contributed by atoms with E-state index in [1.165, 1.54) is 7.11 Å². The van der Waals surface area contributed by atoms with Crippen molar-refractivity contribution in [3.8, 4) is 0 Å². The second kappa shape index (κ2) is 5.97. The fourth-order valence-electron chi connectivity index (χ4n) is 1.70. The molecule has 0 amide bonds. The van der Waals surface area contributed by atoms with Gasteiger partial charge < -0.3 is 4.74 Å².